The fraction of sp³-hybridized carbons (Fsp3) is 0.941. The minimum Gasteiger partial charge on any atom is -0.300 e. The van der Waals surface area contributed by atoms with Crippen LogP contribution in [0.5, 0.6) is 0 Å². The highest BCUT2D eigenvalue weighted by molar-refractivity contribution is 5.78. The molecular weight excluding hydrogens is 220 g/mol. The summed E-state index contributed by atoms with van der Waals surface area (Å²) in [5.41, 5.74) is 0. The highest BCUT2D eigenvalue weighted by Crippen LogP contribution is 2.36. The van der Waals surface area contributed by atoms with E-state index in [0.29, 0.717) is 12.3 Å². The number of Topliss-reactive ketones (excluding diaryl/α,β-unsaturated/α-hetero) is 1. The first-order chi connectivity index (χ1) is 10.3. The molecule has 1 heteroatoms. The molecule has 0 aromatic rings. The molecule has 0 radical (unpaired) electrons. The number of carbonyl (C=O) groups is 1. The summed E-state index contributed by atoms with van der Waals surface area (Å²) >= 11 is 0. The van der Waals surface area contributed by atoms with Crippen molar-refractivity contribution >= 4 is 5.78 Å². The second-order valence-corrected chi connectivity index (χ2v) is 6.18. The zero-order valence-corrected chi connectivity index (χ0v) is 11.7. The van der Waals surface area contributed by atoms with E-state index in [0.717, 1.165) is 18.8 Å². The highest BCUT2D eigenvalue weighted by atomic mass is 16.1. The van der Waals surface area contributed by atoms with Crippen LogP contribution in [0.4, 0.5) is 0 Å². The van der Waals surface area contributed by atoms with Crippen LogP contribution < -0.4 is 0 Å². The topological polar surface area (TPSA) is 17.1 Å². The summed E-state index contributed by atoms with van der Waals surface area (Å²) in [6, 6.07) is 0. The van der Waals surface area contributed by atoms with Gasteiger partial charge in [-0.25, -0.2) is 0 Å². The van der Waals surface area contributed by atoms with E-state index in [1.807, 2.05) is 0 Å². The summed E-state index contributed by atoms with van der Waals surface area (Å²) in [6.07, 6.45) is 5.79. The number of hydrogen-bond acceptors (Lipinski definition) is 1. The van der Waals surface area contributed by atoms with Crippen molar-refractivity contribution in [2.24, 2.45) is 17.8 Å². The molecule has 1 nitrogen and oxygen atoms in total. The van der Waals surface area contributed by atoms with Crippen molar-refractivity contribution in [3.8, 4) is 0 Å². The van der Waals surface area contributed by atoms with Crippen LogP contribution in [0.15, 0.2) is 0 Å². The molecular formula is C17H30O. The average Bonchev–Trinajstić information content (AvgIpc) is 2.47. The molecule has 0 spiro atoms. The summed E-state index contributed by atoms with van der Waals surface area (Å²) in [5.74, 6) is 0.684. The lowest BCUT2D eigenvalue weighted by Gasteiger charge is -2.30. The molecule has 1 atom stereocenters. The molecule has 0 N–H and O–H groups in total. The van der Waals surface area contributed by atoms with Crippen molar-refractivity contribution in [3.05, 3.63) is 0 Å². The minimum absolute atomic E-state index is 0.195. The van der Waals surface area contributed by atoms with E-state index in [-0.39, 0.29) is 12.3 Å². The van der Waals surface area contributed by atoms with Gasteiger partial charge in [0.2, 0.25) is 0 Å². The SMILES string of the molecule is [2H]C1([2H])C(=O)CCC(CCC2CCC(CCC)CC2)C1([2H])[2H]. The third-order valence-corrected chi connectivity index (χ3v) is 4.72. The van der Waals surface area contributed by atoms with Gasteiger partial charge in [0.05, 0.1) is 0 Å². The third-order valence-electron chi connectivity index (χ3n) is 4.72. The lowest BCUT2D eigenvalue weighted by molar-refractivity contribution is -0.121. The van der Waals surface area contributed by atoms with Gasteiger partial charge >= 0.3 is 0 Å². The minimum atomic E-state index is -2.31. The molecule has 0 heterocycles. The lowest BCUT2D eigenvalue weighted by Crippen LogP contribution is -2.18. The van der Waals surface area contributed by atoms with Crippen molar-refractivity contribution in [1.82, 2.24) is 0 Å². The van der Waals surface area contributed by atoms with E-state index in [1.54, 1.807) is 0 Å². The Balaban J connectivity index is 1.83. The number of rotatable bonds is 5. The highest BCUT2D eigenvalue weighted by Gasteiger charge is 2.23. The fourth-order valence-electron chi connectivity index (χ4n) is 3.49. The standard InChI is InChI=1S/C17H30O/c1-2-3-14-4-6-15(7-5-14)8-9-16-10-12-17(18)13-11-16/h14-16H,2-13H2,1H3/i10D2,12D2. The second kappa shape index (κ2) is 7.31. The predicted octanol–water partition coefficient (Wildman–Crippen LogP) is 5.13. The van der Waals surface area contributed by atoms with Crippen LogP contribution in [0, 0.1) is 17.8 Å². The Morgan fingerprint density at radius 1 is 1.00 bits per heavy atom. The number of ketones is 1. The maximum Gasteiger partial charge on any atom is 0.132 e. The van der Waals surface area contributed by atoms with E-state index in [2.05, 4.69) is 6.92 Å². The molecule has 2 saturated carbocycles. The zero-order chi connectivity index (χ0) is 16.4. The van der Waals surface area contributed by atoms with Crippen LogP contribution in [-0.4, -0.2) is 5.78 Å². The van der Waals surface area contributed by atoms with Gasteiger partial charge in [-0.3, -0.25) is 4.79 Å². The van der Waals surface area contributed by atoms with Crippen LogP contribution in [0.2, 0.25) is 0 Å². The first-order valence-electron chi connectivity index (χ1n) is 9.82. The number of hydrogen-bond donors (Lipinski definition) is 0. The Morgan fingerprint density at radius 2 is 1.61 bits per heavy atom. The first-order valence-corrected chi connectivity index (χ1v) is 7.82. The molecule has 0 aromatic heterocycles. The summed E-state index contributed by atoms with van der Waals surface area (Å²) in [6.45, 7) is 2.24. The molecule has 1 unspecified atom stereocenters. The lowest BCUT2D eigenvalue weighted by atomic mass is 9.76. The van der Waals surface area contributed by atoms with Gasteiger partial charge in [-0.1, -0.05) is 58.3 Å². The summed E-state index contributed by atoms with van der Waals surface area (Å²) in [5, 5.41) is 0. The predicted molar refractivity (Wildman–Crippen MR) is 76.6 cm³/mol. The quantitative estimate of drug-likeness (QED) is 0.664. The Kier molecular flexibility index (Phi) is 3.88. The van der Waals surface area contributed by atoms with Gasteiger partial charge in [-0.15, -0.1) is 0 Å². The molecule has 2 fully saturated rings. The smallest absolute Gasteiger partial charge is 0.132 e. The van der Waals surface area contributed by atoms with Gasteiger partial charge < -0.3 is 0 Å². The molecule has 0 amide bonds. The van der Waals surface area contributed by atoms with Gasteiger partial charge in [0.25, 0.3) is 0 Å². The van der Waals surface area contributed by atoms with E-state index < -0.39 is 18.5 Å². The first kappa shape index (κ1) is 9.55. The van der Waals surface area contributed by atoms with Crippen molar-refractivity contribution < 1.29 is 10.3 Å². The maximum absolute atomic E-state index is 11.7. The fourth-order valence-corrected chi connectivity index (χ4v) is 3.49. The van der Waals surface area contributed by atoms with Crippen molar-refractivity contribution in [2.75, 3.05) is 0 Å². The molecule has 18 heavy (non-hydrogen) atoms. The summed E-state index contributed by atoms with van der Waals surface area (Å²) < 4.78 is 31.8. The largest absolute Gasteiger partial charge is 0.300 e. The average molecular weight is 254 g/mol. The van der Waals surface area contributed by atoms with E-state index in [1.165, 1.54) is 38.5 Å². The molecule has 2 aliphatic rings. The van der Waals surface area contributed by atoms with Crippen LogP contribution in [0.1, 0.15) is 89.4 Å². The second-order valence-electron chi connectivity index (χ2n) is 6.18. The van der Waals surface area contributed by atoms with Gasteiger partial charge in [0, 0.05) is 18.3 Å². The third kappa shape index (κ3) is 4.40. The Labute approximate surface area is 118 Å². The zero-order valence-electron chi connectivity index (χ0n) is 15.7. The van der Waals surface area contributed by atoms with E-state index in [9.17, 15) is 4.79 Å². The Morgan fingerprint density at radius 3 is 2.28 bits per heavy atom. The van der Waals surface area contributed by atoms with Crippen molar-refractivity contribution in [2.45, 2.75) is 83.9 Å². The normalized spacial score (nSPS) is 42.5. The van der Waals surface area contributed by atoms with Gasteiger partial charge in [0.15, 0.2) is 0 Å². The maximum atomic E-state index is 11.7. The molecule has 2 aliphatic carbocycles. The van der Waals surface area contributed by atoms with E-state index in [4.69, 9.17) is 5.48 Å². The van der Waals surface area contributed by atoms with Crippen LogP contribution >= 0.6 is 0 Å². The van der Waals surface area contributed by atoms with Crippen molar-refractivity contribution in [1.29, 1.82) is 0 Å². The van der Waals surface area contributed by atoms with Crippen LogP contribution in [-0.2, 0) is 4.79 Å². The van der Waals surface area contributed by atoms with Gasteiger partial charge in [-0.2, -0.15) is 0 Å². The Bertz CT molecular complexity index is 386. The molecule has 0 saturated heterocycles. The van der Waals surface area contributed by atoms with Crippen LogP contribution in [0.25, 0.3) is 0 Å². The summed E-state index contributed by atoms with van der Waals surface area (Å²) in [4.78, 5) is 11.7. The monoisotopic (exact) mass is 254 g/mol. The number of carbonyl (C=O) groups excluding carboxylic acids is 1. The Hall–Kier alpha value is -0.330. The van der Waals surface area contributed by atoms with Gasteiger partial charge in [0.1, 0.15) is 5.78 Å². The molecule has 104 valence electrons. The van der Waals surface area contributed by atoms with Crippen molar-refractivity contribution in [3.63, 3.8) is 0 Å². The van der Waals surface area contributed by atoms with Gasteiger partial charge in [-0.05, 0) is 30.5 Å². The molecule has 0 bridgehead atoms. The van der Waals surface area contributed by atoms with Crippen LogP contribution in [0.3, 0.4) is 0 Å². The molecule has 0 aromatic carbocycles. The van der Waals surface area contributed by atoms with E-state index >= 15 is 0 Å². The summed E-state index contributed by atoms with van der Waals surface area (Å²) in [7, 11) is 0. The molecule has 0 aliphatic heterocycles. The molecule has 2 rings (SSSR count).